The number of halogens is 3. The summed E-state index contributed by atoms with van der Waals surface area (Å²) < 4.78 is 37.4. The Bertz CT molecular complexity index is 699. The van der Waals surface area contributed by atoms with E-state index < -0.39 is 17.8 Å². The van der Waals surface area contributed by atoms with Gasteiger partial charge in [-0.25, -0.2) is 10.0 Å². The van der Waals surface area contributed by atoms with Crippen LogP contribution in [0, 0.1) is 0 Å². The average Bonchev–Trinajstić information content (AvgIpc) is 2.95. The lowest BCUT2D eigenvalue weighted by Gasteiger charge is -2.27. The lowest BCUT2D eigenvalue weighted by molar-refractivity contribution is -0.200. The zero-order valence-electron chi connectivity index (χ0n) is 11.3. The molecule has 1 aliphatic rings. The molecule has 1 amide bonds. The van der Waals surface area contributed by atoms with Crippen LogP contribution < -0.4 is 0 Å². The number of nitrogens with zero attached hydrogens (tertiary/aromatic N) is 2. The number of hydrogen-bond donors (Lipinski definition) is 0. The van der Waals surface area contributed by atoms with Gasteiger partial charge in [-0.1, -0.05) is 24.3 Å². The molecule has 2 heterocycles. The van der Waals surface area contributed by atoms with Gasteiger partial charge in [-0.05, 0) is 11.1 Å². The number of fused-ring (bicyclic) bond motifs is 1. The number of thiazole rings is 1. The normalized spacial score (nSPS) is 14.8. The monoisotopic (exact) mass is 328 g/mol. The van der Waals surface area contributed by atoms with Gasteiger partial charge in [-0.2, -0.15) is 13.2 Å². The van der Waals surface area contributed by atoms with Crippen LogP contribution in [0.5, 0.6) is 0 Å². The highest BCUT2D eigenvalue weighted by Gasteiger charge is 2.34. The van der Waals surface area contributed by atoms with Crippen LogP contribution in [0.3, 0.4) is 0 Å². The second-order valence-electron chi connectivity index (χ2n) is 4.77. The van der Waals surface area contributed by atoms with Gasteiger partial charge in [0, 0.05) is 5.38 Å². The van der Waals surface area contributed by atoms with E-state index in [9.17, 15) is 18.0 Å². The molecule has 0 saturated heterocycles. The smallest absolute Gasteiger partial charge is 0.272 e. The van der Waals surface area contributed by atoms with Crippen LogP contribution in [0.1, 0.15) is 21.8 Å². The van der Waals surface area contributed by atoms with Crippen LogP contribution in [-0.2, 0) is 35.4 Å². The van der Waals surface area contributed by atoms with Crippen molar-refractivity contribution in [1.29, 1.82) is 0 Å². The van der Waals surface area contributed by atoms with E-state index in [1.54, 1.807) is 0 Å². The van der Waals surface area contributed by atoms with Crippen LogP contribution in [0.2, 0.25) is 0 Å². The molecule has 0 N–H and O–H groups in total. The van der Waals surface area contributed by atoms with Gasteiger partial charge in [0.05, 0.1) is 13.0 Å². The Kier molecular flexibility index (Phi) is 3.88. The van der Waals surface area contributed by atoms with E-state index in [1.807, 2.05) is 24.3 Å². The molecule has 0 saturated carbocycles. The zero-order valence-corrected chi connectivity index (χ0v) is 12.1. The molecule has 4 nitrogen and oxygen atoms in total. The molecule has 22 heavy (non-hydrogen) atoms. The van der Waals surface area contributed by atoms with Crippen molar-refractivity contribution in [1.82, 2.24) is 10.0 Å². The Morgan fingerprint density at radius 1 is 1.32 bits per heavy atom. The number of amides is 1. The molecular formula is C14H11F3N2O2S. The lowest BCUT2D eigenvalue weighted by atomic mass is 10.1. The fourth-order valence-electron chi connectivity index (χ4n) is 2.10. The van der Waals surface area contributed by atoms with Crippen molar-refractivity contribution in [3.63, 3.8) is 0 Å². The first-order chi connectivity index (χ1) is 10.4. The SMILES string of the molecule is O=C(Cc1nc(C(F)(F)F)cs1)N1Cc2ccccc2CO1. The maximum Gasteiger partial charge on any atom is 0.434 e. The summed E-state index contributed by atoms with van der Waals surface area (Å²) in [6.07, 6.45) is -4.69. The van der Waals surface area contributed by atoms with Crippen molar-refractivity contribution in [3.8, 4) is 0 Å². The Hall–Kier alpha value is -1.93. The molecule has 0 unspecified atom stereocenters. The molecule has 0 atom stereocenters. The number of rotatable bonds is 2. The van der Waals surface area contributed by atoms with E-state index in [-0.39, 0.29) is 24.6 Å². The fraction of sp³-hybridized carbons (Fsp3) is 0.286. The number of hydrogen-bond acceptors (Lipinski definition) is 4. The topological polar surface area (TPSA) is 42.4 Å². The zero-order chi connectivity index (χ0) is 15.7. The van der Waals surface area contributed by atoms with E-state index in [4.69, 9.17) is 4.84 Å². The summed E-state index contributed by atoms with van der Waals surface area (Å²) in [5.74, 6) is -0.405. The third-order valence-corrected chi connectivity index (χ3v) is 4.08. The third-order valence-electron chi connectivity index (χ3n) is 3.23. The van der Waals surface area contributed by atoms with Gasteiger partial charge in [0.15, 0.2) is 5.69 Å². The Morgan fingerprint density at radius 3 is 2.73 bits per heavy atom. The van der Waals surface area contributed by atoms with Gasteiger partial charge in [0.25, 0.3) is 5.91 Å². The standard InChI is InChI=1S/C14H11F3N2O2S/c15-14(16,17)11-8-22-12(18-11)5-13(20)19-6-9-3-1-2-4-10(9)7-21-19/h1-4,8H,5-7H2. The third kappa shape index (κ3) is 3.12. The number of aromatic nitrogens is 1. The van der Waals surface area contributed by atoms with Gasteiger partial charge in [0.1, 0.15) is 11.6 Å². The van der Waals surface area contributed by atoms with Crippen LogP contribution in [0.25, 0.3) is 0 Å². The summed E-state index contributed by atoms with van der Waals surface area (Å²) in [6.45, 7) is 0.556. The van der Waals surface area contributed by atoms with Crippen molar-refractivity contribution in [2.75, 3.05) is 0 Å². The van der Waals surface area contributed by atoms with Crippen molar-refractivity contribution >= 4 is 17.2 Å². The van der Waals surface area contributed by atoms with Gasteiger partial charge in [0.2, 0.25) is 0 Å². The summed E-state index contributed by atoms with van der Waals surface area (Å²) in [7, 11) is 0. The summed E-state index contributed by atoms with van der Waals surface area (Å²) >= 11 is 0.820. The quantitative estimate of drug-likeness (QED) is 0.850. The Labute approximate surface area is 128 Å². The van der Waals surface area contributed by atoms with Gasteiger partial charge >= 0.3 is 6.18 Å². The van der Waals surface area contributed by atoms with Gasteiger partial charge < -0.3 is 0 Å². The number of hydroxylamine groups is 2. The number of carbonyl (C=O) groups is 1. The molecule has 1 aromatic carbocycles. The molecule has 0 fully saturated rings. The molecule has 0 radical (unpaired) electrons. The first kappa shape index (κ1) is 15.0. The number of alkyl halides is 3. The largest absolute Gasteiger partial charge is 0.434 e. The second-order valence-corrected chi connectivity index (χ2v) is 5.72. The van der Waals surface area contributed by atoms with E-state index in [1.165, 1.54) is 5.06 Å². The Balaban J connectivity index is 1.67. The van der Waals surface area contributed by atoms with Crippen molar-refractivity contribution < 1.29 is 22.8 Å². The van der Waals surface area contributed by atoms with E-state index in [0.29, 0.717) is 0 Å². The second kappa shape index (κ2) is 5.69. The summed E-state index contributed by atoms with van der Waals surface area (Å²) in [5.41, 5.74) is 1.00. The summed E-state index contributed by atoms with van der Waals surface area (Å²) in [5, 5.41) is 2.21. The maximum absolute atomic E-state index is 12.5. The highest BCUT2D eigenvalue weighted by molar-refractivity contribution is 7.09. The minimum absolute atomic E-state index is 0.125. The predicted molar refractivity (Wildman–Crippen MR) is 72.6 cm³/mol. The van der Waals surface area contributed by atoms with Crippen LogP contribution >= 0.6 is 11.3 Å². The summed E-state index contributed by atoms with van der Waals surface area (Å²) in [6, 6.07) is 7.55. The molecule has 1 aliphatic heterocycles. The lowest BCUT2D eigenvalue weighted by Crippen LogP contribution is -2.35. The van der Waals surface area contributed by atoms with Crippen molar-refractivity contribution in [3.05, 3.63) is 51.5 Å². The van der Waals surface area contributed by atoms with Crippen molar-refractivity contribution in [2.24, 2.45) is 0 Å². The van der Waals surface area contributed by atoms with Crippen LogP contribution in [-0.4, -0.2) is 16.0 Å². The molecule has 2 aromatic rings. The molecular weight excluding hydrogens is 317 g/mol. The molecule has 8 heteroatoms. The number of carbonyl (C=O) groups excluding carboxylic acids is 1. The fourth-order valence-corrected chi connectivity index (χ4v) is 2.89. The minimum Gasteiger partial charge on any atom is -0.272 e. The number of benzene rings is 1. The molecule has 0 aliphatic carbocycles. The predicted octanol–water partition coefficient (Wildman–Crippen LogP) is 3.18. The maximum atomic E-state index is 12.5. The van der Waals surface area contributed by atoms with E-state index in [2.05, 4.69) is 4.98 Å². The molecule has 1 aromatic heterocycles. The van der Waals surface area contributed by atoms with E-state index >= 15 is 0 Å². The molecule has 0 spiro atoms. The van der Waals surface area contributed by atoms with Crippen molar-refractivity contribution in [2.45, 2.75) is 25.7 Å². The van der Waals surface area contributed by atoms with E-state index in [0.717, 1.165) is 27.8 Å². The minimum atomic E-state index is -4.49. The van der Waals surface area contributed by atoms with Gasteiger partial charge in [-0.15, -0.1) is 11.3 Å². The van der Waals surface area contributed by atoms with Crippen LogP contribution in [0.15, 0.2) is 29.6 Å². The van der Waals surface area contributed by atoms with Crippen LogP contribution in [0.4, 0.5) is 13.2 Å². The Morgan fingerprint density at radius 2 is 2.05 bits per heavy atom. The molecule has 0 bridgehead atoms. The first-order valence-electron chi connectivity index (χ1n) is 6.45. The average molecular weight is 328 g/mol. The van der Waals surface area contributed by atoms with Gasteiger partial charge in [-0.3, -0.25) is 9.63 Å². The summed E-state index contributed by atoms with van der Waals surface area (Å²) in [4.78, 5) is 20.9. The first-order valence-corrected chi connectivity index (χ1v) is 7.33. The molecule has 3 rings (SSSR count). The molecule has 116 valence electrons. The highest BCUT2D eigenvalue weighted by atomic mass is 32.1. The highest BCUT2D eigenvalue weighted by Crippen LogP contribution is 2.30.